The third kappa shape index (κ3) is 1.06. The van der Waals surface area contributed by atoms with Crippen LogP contribution in [-0.4, -0.2) is 36.7 Å². The quantitative estimate of drug-likeness (QED) is 0.496. The van der Waals surface area contributed by atoms with Gasteiger partial charge in [0.15, 0.2) is 0 Å². The summed E-state index contributed by atoms with van der Waals surface area (Å²) in [6, 6.07) is 0. The predicted octanol–water partition coefficient (Wildman–Crippen LogP) is 0.869. The maximum absolute atomic E-state index is 5.81. The van der Waals surface area contributed by atoms with E-state index in [2.05, 4.69) is 18.9 Å². The van der Waals surface area contributed by atoms with E-state index in [1.54, 1.807) is 0 Å². The summed E-state index contributed by atoms with van der Waals surface area (Å²) in [5.41, 5.74) is 0.298. The summed E-state index contributed by atoms with van der Waals surface area (Å²) in [4.78, 5) is 2.38. The highest BCUT2D eigenvalue weighted by molar-refractivity contribution is 5.00. The van der Waals surface area contributed by atoms with Gasteiger partial charge >= 0.3 is 0 Å². The van der Waals surface area contributed by atoms with E-state index in [1.807, 2.05) is 0 Å². The highest BCUT2D eigenvalue weighted by atomic mass is 16.5. The van der Waals surface area contributed by atoms with Crippen LogP contribution >= 0.6 is 0 Å². The molecule has 2 aliphatic rings. The van der Waals surface area contributed by atoms with Gasteiger partial charge in [0.1, 0.15) is 0 Å². The van der Waals surface area contributed by atoms with Gasteiger partial charge in [-0.05, 0) is 26.8 Å². The minimum absolute atomic E-state index is 0.298. The van der Waals surface area contributed by atoms with Gasteiger partial charge in [0, 0.05) is 13.1 Å². The minimum Gasteiger partial charge on any atom is -0.369 e. The summed E-state index contributed by atoms with van der Waals surface area (Å²) in [7, 11) is 2.18. The molecular weight excluding hydrogens is 126 g/mol. The molecule has 1 heterocycles. The standard InChI is InChI=1S/C8H15NO/c1-7-5-9(2)6-8(10-7)3-4-8/h7H,3-6H2,1-2H3/t7-/m1/s1. The van der Waals surface area contributed by atoms with Gasteiger partial charge < -0.3 is 9.64 Å². The van der Waals surface area contributed by atoms with Crippen LogP contribution in [0.1, 0.15) is 19.8 Å². The maximum Gasteiger partial charge on any atom is 0.0815 e. The number of rotatable bonds is 0. The van der Waals surface area contributed by atoms with Crippen molar-refractivity contribution in [2.75, 3.05) is 20.1 Å². The Morgan fingerprint density at radius 1 is 1.50 bits per heavy atom. The Kier molecular flexibility index (Phi) is 1.29. The summed E-state index contributed by atoms with van der Waals surface area (Å²) < 4.78 is 5.81. The van der Waals surface area contributed by atoms with Crippen molar-refractivity contribution in [3.8, 4) is 0 Å². The second-order valence-electron chi connectivity index (χ2n) is 3.81. The summed E-state index contributed by atoms with van der Waals surface area (Å²) in [5.74, 6) is 0. The number of nitrogens with zero attached hydrogens (tertiary/aromatic N) is 1. The first kappa shape index (κ1) is 6.62. The number of ether oxygens (including phenoxy) is 1. The third-order valence-electron chi connectivity index (χ3n) is 2.39. The number of morpholine rings is 1. The van der Waals surface area contributed by atoms with Gasteiger partial charge in [-0.25, -0.2) is 0 Å². The maximum atomic E-state index is 5.81. The van der Waals surface area contributed by atoms with E-state index in [9.17, 15) is 0 Å². The van der Waals surface area contributed by atoms with Crippen molar-refractivity contribution >= 4 is 0 Å². The molecule has 1 atom stereocenters. The molecule has 0 aromatic heterocycles. The van der Waals surface area contributed by atoms with E-state index < -0.39 is 0 Å². The van der Waals surface area contributed by atoms with Crippen LogP contribution in [0.4, 0.5) is 0 Å². The van der Waals surface area contributed by atoms with Gasteiger partial charge in [0.2, 0.25) is 0 Å². The zero-order valence-corrected chi connectivity index (χ0v) is 6.76. The number of hydrogen-bond acceptors (Lipinski definition) is 2. The molecule has 1 saturated heterocycles. The molecule has 1 aliphatic heterocycles. The highest BCUT2D eigenvalue weighted by Crippen LogP contribution is 2.42. The fourth-order valence-electron chi connectivity index (χ4n) is 1.91. The van der Waals surface area contributed by atoms with Crippen molar-refractivity contribution in [3.63, 3.8) is 0 Å². The first-order valence-electron chi connectivity index (χ1n) is 4.07. The zero-order chi connectivity index (χ0) is 7.19. The SMILES string of the molecule is C[C@@H]1CN(C)CC2(CC2)O1. The lowest BCUT2D eigenvalue weighted by molar-refractivity contribution is -0.0860. The molecule has 0 aromatic carbocycles. The molecule has 0 N–H and O–H groups in total. The van der Waals surface area contributed by atoms with E-state index in [-0.39, 0.29) is 0 Å². The third-order valence-corrected chi connectivity index (χ3v) is 2.39. The van der Waals surface area contributed by atoms with Crippen LogP contribution in [0.5, 0.6) is 0 Å². The first-order chi connectivity index (χ1) is 4.70. The Hall–Kier alpha value is -0.0800. The molecule has 1 aliphatic carbocycles. The molecule has 0 aromatic rings. The smallest absolute Gasteiger partial charge is 0.0815 e. The van der Waals surface area contributed by atoms with Gasteiger partial charge in [-0.15, -0.1) is 0 Å². The normalized spacial score (nSPS) is 38.4. The van der Waals surface area contributed by atoms with Crippen molar-refractivity contribution in [1.82, 2.24) is 4.90 Å². The van der Waals surface area contributed by atoms with Crippen LogP contribution in [0.3, 0.4) is 0 Å². The second-order valence-corrected chi connectivity index (χ2v) is 3.81. The monoisotopic (exact) mass is 141 g/mol. The topological polar surface area (TPSA) is 12.5 Å². The molecule has 0 bridgehead atoms. The van der Waals surface area contributed by atoms with Crippen LogP contribution in [0.15, 0.2) is 0 Å². The van der Waals surface area contributed by atoms with E-state index >= 15 is 0 Å². The average molecular weight is 141 g/mol. The largest absolute Gasteiger partial charge is 0.369 e. The molecule has 2 nitrogen and oxygen atoms in total. The predicted molar refractivity (Wildman–Crippen MR) is 40.0 cm³/mol. The van der Waals surface area contributed by atoms with Crippen LogP contribution in [0, 0.1) is 0 Å². The Bertz CT molecular complexity index is 130. The van der Waals surface area contributed by atoms with Gasteiger partial charge in [0.25, 0.3) is 0 Å². The number of likely N-dealkylation sites (N-methyl/N-ethyl adjacent to an activating group) is 1. The summed E-state index contributed by atoms with van der Waals surface area (Å²) in [6.07, 6.45) is 3.00. The second kappa shape index (κ2) is 1.95. The highest BCUT2D eigenvalue weighted by Gasteiger charge is 2.48. The Labute approximate surface area is 62.2 Å². The lowest BCUT2D eigenvalue weighted by Gasteiger charge is -2.34. The fraction of sp³-hybridized carbons (Fsp3) is 1.00. The van der Waals surface area contributed by atoms with E-state index in [4.69, 9.17) is 4.74 Å². The molecule has 1 spiro atoms. The van der Waals surface area contributed by atoms with Gasteiger partial charge in [-0.1, -0.05) is 0 Å². The minimum atomic E-state index is 0.298. The van der Waals surface area contributed by atoms with Crippen molar-refractivity contribution < 1.29 is 4.74 Å². The number of hydrogen-bond donors (Lipinski definition) is 0. The zero-order valence-electron chi connectivity index (χ0n) is 6.76. The van der Waals surface area contributed by atoms with Crippen molar-refractivity contribution in [3.05, 3.63) is 0 Å². The molecule has 0 unspecified atom stereocenters. The Morgan fingerprint density at radius 3 is 2.70 bits per heavy atom. The van der Waals surface area contributed by atoms with E-state index in [0.29, 0.717) is 11.7 Å². The van der Waals surface area contributed by atoms with Crippen molar-refractivity contribution in [1.29, 1.82) is 0 Å². The molecule has 58 valence electrons. The van der Waals surface area contributed by atoms with Crippen LogP contribution < -0.4 is 0 Å². The molecule has 0 amide bonds. The lowest BCUT2D eigenvalue weighted by Crippen LogP contribution is -2.45. The molecule has 10 heavy (non-hydrogen) atoms. The summed E-state index contributed by atoms with van der Waals surface area (Å²) >= 11 is 0. The Balaban J connectivity index is 2.00. The lowest BCUT2D eigenvalue weighted by atomic mass is 10.2. The fourth-order valence-corrected chi connectivity index (χ4v) is 1.91. The van der Waals surface area contributed by atoms with Crippen LogP contribution in [-0.2, 0) is 4.74 Å². The van der Waals surface area contributed by atoms with Crippen LogP contribution in [0.2, 0.25) is 0 Å². The van der Waals surface area contributed by atoms with E-state index in [0.717, 1.165) is 13.1 Å². The van der Waals surface area contributed by atoms with Gasteiger partial charge in [-0.2, -0.15) is 0 Å². The molecule has 1 saturated carbocycles. The molecule has 2 fully saturated rings. The van der Waals surface area contributed by atoms with Gasteiger partial charge in [-0.3, -0.25) is 0 Å². The summed E-state index contributed by atoms with van der Waals surface area (Å²) in [6.45, 7) is 4.41. The molecule has 2 heteroatoms. The first-order valence-corrected chi connectivity index (χ1v) is 4.07. The molecular formula is C8H15NO. The van der Waals surface area contributed by atoms with Crippen molar-refractivity contribution in [2.24, 2.45) is 0 Å². The van der Waals surface area contributed by atoms with Crippen LogP contribution in [0.25, 0.3) is 0 Å². The van der Waals surface area contributed by atoms with E-state index in [1.165, 1.54) is 12.8 Å². The molecule has 0 radical (unpaired) electrons. The summed E-state index contributed by atoms with van der Waals surface area (Å²) in [5, 5.41) is 0. The molecule has 2 rings (SSSR count). The Morgan fingerprint density at radius 2 is 2.20 bits per heavy atom. The van der Waals surface area contributed by atoms with Gasteiger partial charge in [0.05, 0.1) is 11.7 Å². The van der Waals surface area contributed by atoms with Crippen molar-refractivity contribution in [2.45, 2.75) is 31.5 Å². The average Bonchev–Trinajstić information content (AvgIpc) is 2.44.